The van der Waals surface area contributed by atoms with Gasteiger partial charge in [0.25, 0.3) is 5.91 Å². The van der Waals surface area contributed by atoms with Crippen molar-refractivity contribution in [2.75, 3.05) is 17.7 Å². The number of carbonyl (C=O) groups is 3. The van der Waals surface area contributed by atoms with Crippen molar-refractivity contribution in [2.45, 2.75) is 39.8 Å². The molecule has 0 fully saturated rings. The van der Waals surface area contributed by atoms with Gasteiger partial charge in [-0.05, 0) is 61.7 Å². The highest BCUT2D eigenvalue weighted by molar-refractivity contribution is 6.10. The molecule has 0 aliphatic rings. The predicted octanol–water partition coefficient (Wildman–Crippen LogP) is 4.63. The molecule has 0 aliphatic carbocycles. The number of anilines is 2. The number of aliphatic carboxylic acids is 1. The third kappa shape index (κ3) is 5.52. The Morgan fingerprint density at radius 1 is 0.912 bits per heavy atom. The van der Waals surface area contributed by atoms with Crippen LogP contribution in [0.5, 0.6) is 0 Å². The summed E-state index contributed by atoms with van der Waals surface area (Å²) in [6.07, 6.45) is -0.755. The molecule has 178 valence electrons. The summed E-state index contributed by atoms with van der Waals surface area (Å²) < 4.78 is 5.10. The molecule has 3 amide bonds. The van der Waals surface area contributed by atoms with Crippen molar-refractivity contribution in [3.63, 3.8) is 0 Å². The van der Waals surface area contributed by atoms with E-state index in [1.54, 1.807) is 19.1 Å². The fourth-order valence-corrected chi connectivity index (χ4v) is 3.91. The summed E-state index contributed by atoms with van der Waals surface area (Å²) >= 11 is 0. The quantitative estimate of drug-likeness (QED) is 0.408. The highest BCUT2D eigenvalue weighted by Gasteiger charge is 2.28. The molecule has 0 aromatic heterocycles. The van der Waals surface area contributed by atoms with Crippen LogP contribution >= 0.6 is 0 Å². The van der Waals surface area contributed by atoms with Gasteiger partial charge >= 0.3 is 12.0 Å². The second-order valence-corrected chi connectivity index (χ2v) is 8.33. The van der Waals surface area contributed by atoms with E-state index in [1.165, 1.54) is 7.11 Å². The summed E-state index contributed by atoms with van der Waals surface area (Å²) in [6, 6.07) is 12.9. The van der Waals surface area contributed by atoms with Crippen molar-refractivity contribution in [3.8, 4) is 0 Å². The molecule has 0 radical (unpaired) electrons. The maximum Gasteiger partial charge on any atom is 0.328 e. The fourth-order valence-electron chi connectivity index (χ4n) is 3.91. The molecule has 1 unspecified atom stereocenters. The molecule has 0 spiro atoms. The molecule has 3 aromatic carbocycles. The van der Waals surface area contributed by atoms with Gasteiger partial charge in [0, 0.05) is 12.8 Å². The summed E-state index contributed by atoms with van der Waals surface area (Å²) in [4.78, 5) is 37.7. The normalized spacial score (nSPS) is 12.6. The van der Waals surface area contributed by atoms with E-state index in [0.717, 1.165) is 27.5 Å². The molecule has 0 aliphatic heterocycles. The lowest BCUT2D eigenvalue weighted by atomic mass is 10.0. The number of amides is 3. The molecule has 0 saturated carbocycles. The fraction of sp³-hybridized carbons (Fsp3) is 0.269. The molecule has 3 rings (SSSR count). The zero-order chi connectivity index (χ0) is 25.0. The standard InChI is InChI=1S/C26H29N3O5/c1-14-10-15(2)22(16(3)11-14)29-26(33)27-21-13-19-9-7-6-8-18(19)12-20(21)24(30)28-23(25(31)32)17(4)34-5/h6-13,17,23H,1-5H3,(H,28,30)(H,31,32)(H2,27,29,33)/t17?,23-/m0/s1. The number of benzene rings is 3. The van der Waals surface area contributed by atoms with E-state index in [0.29, 0.717) is 5.69 Å². The second kappa shape index (κ2) is 10.4. The molecule has 0 bridgehead atoms. The Labute approximate surface area is 198 Å². The third-order valence-electron chi connectivity index (χ3n) is 5.69. The van der Waals surface area contributed by atoms with E-state index in [9.17, 15) is 19.5 Å². The Hall–Kier alpha value is -3.91. The molecule has 8 nitrogen and oxygen atoms in total. The van der Waals surface area contributed by atoms with Crippen LogP contribution in [0, 0.1) is 20.8 Å². The van der Waals surface area contributed by atoms with Gasteiger partial charge in [-0.15, -0.1) is 0 Å². The summed E-state index contributed by atoms with van der Waals surface area (Å²) in [5, 5.41) is 19.2. The molecule has 3 aromatic rings. The van der Waals surface area contributed by atoms with Gasteiger partial charge in [0.1, 0.15) is 0 Å². The van der Waals surface area contributed by atoms with Gasteiger partial charge < -0.3 is 25.8 Å². The van der Waals surface area contributed by atoms with Crippen LogP contribution in [0.25, 0.3) is 10.8 Å². The minimum absolute atomic E-state index is 0.140. The summed E-state index contributed by atoms with van der Waals surface area (Å²) in [5.41, 5.74) is 4.01. The van der Waals surface area contributed by atoms with Gasteiger partial charge in [-0.25, -0.2) is 9.59 Å². The van der Waals surface area contributed by atoms with Gasteiger partial charge in [0.15, 0.2) is 6.04 Å². The first-order chi connectivity index (χ1) is 16.1. The number of ether oxygens (including phenoxy) is 1. The van der Waals surface area contributed by atoms with E-state index in [1.807, 2.05) is 57.2 Å². The Kier molecular flexibility index (Phi) is 7.53. The monoisotopic (exact) mass is 463 g/mol. The number of nitrogens with one attached hydrogen (secondary N) is 3. The Balaban J connectivity index is 1.95. The van der Waals surface area contributed by atoms with E-state index < -0.39 is 30.1 Å². The highest BCUT2D eigenvalue weighted by atomic mass is 16.5. The van der Waals surface area contributed by atoms with E-state index in [4.69, 9.17) is 4.74 Å². The van der Waals surface area contributed by atoms with Crippen LogP contribution in [-0.2, 0) is 9.53 Å². The van der Waals surface area contributed by atoms with Gasteiger partial charge in [-0.3, -0.25) is 4.79 Å². The Morgan fingerprint density at radius 3 is 2.06 bits per heavy atom. The zero-order valence-electron chi connectivity index (χ0n) is 19.9. The Bertz CT molecular complexity index is 1230. The van der Waals surface area contributed by atoms with Crippen LogP contribution in [0.2, 0.25) is 0 Å². The number of carboxylic acids is 1. The topological polar surface area (TPSA) is 117 Å². The first-order valence-electron chi connectivity index (χ1n) is 10.9. The lowest BCUT2D eigenvalue weighted by Gasteiger charge is -2.21. The molecule has 0 saturated heterocycles. The van der Waals surface area contributed by atoms with Crippen LogP contribution in [0.4, 0.5) is 16.2 Å². The zero-order valence-corrected chi connectivity index (χ0v) is 19.9. The average Bonchev–Trinajstić information content (AvgIpc) is 2.78. The predicted molar refractivity (Wildman–Crippen MR) is 133 cm³/mol. The number of rotatable bonds is 7. The number of urea groups is 1. The maximum atomic E-state index is 13.1. The molecular formula is C26H29N3O5. The molecule has 2 atom stereocenters. The van der Waals surface area contributed by atoms with Crippen molar-refractivity contribution < 1.29 is 24.2 Å². The summed E-state index contributed by atoms with van der Waals surface area (Å²) in [6.45, 7) is 7.36. The number of hydrogen-bond donors (Lipinski definition) is 4. The van der Waals surface area contributed by atoms with Crippen molar-refractivity contribution in [3.05, 3.63) is 70.8 Å². The largest absolute Gasteiger partial charge is 0.480 e. The van der Waals surface area contributed by atoms with Gasteiger partial charge in [0.2, 0.25) is 0 Å². The molecule has 0 heterocycles. The van der Waals surface area contributed by atoms with Gasteiger partial charge in [-0.1, -0.05) is 42.0 Å². The van der Waals surface area contributed by atoms with Crippen molar-refractivity contribution >= 4 is 40.1 Å². The van der Waals surface area contributed by atoms with Crippen LogP contribution in [0.15, 0.2) is 48.5 Å². The van der Waals surface area contributed by atoms with E-state index in [-0.39, 0.29) is 11.3 Å². The van der Waals surface area contributed by atoms with Gasteiger partial charge in [0.05, 0.1) is 17.4 Å². The molecule has 8 heteroatoms. The van der Waals surface area contributed by atoms with Crippen molar-refractivity contribution in [1.82, 2.24) is 5.32 Å². The summed E-state index contributed by atoms with van der Waals surface area (Å²) in [7, 11) is 1.37. The van der Waals surface area contributed by atoms with Gasteiger partial charge in [-0.2, -0.15) is 0 Å². The first-order valence-corrected chi connectivity index (χ1v) is 10.9. The minimum Gasteiger partial charge on any atom is -0.480 e. The Morgan fingerprint density at radius 2 is 1.50 bits per heavy atom. The van der Waals surface area contributed by atoms with Crippen molar-refractivity contribution in [2.24, 2.45) is 0 Å². The summed E-state index contributed by atoms with van der Waals surface area (Å²) in [5.74, 6) is -1.86. The second-order valence-electron chi connectivity index (χ2n) is 8.33. The molecule has 34 heavy (non-hydrogen) atoms. The van der Waals surface area contributed by atoms with Crippen LogP contribution in [0.1, 0.15) is 34.0 Å². The third-order valence-corrected chi connectivity index (χ3v) is 5.69. The number of methoxy groups -OCH3 is 1. The maximum absolute atomic E-state index is 13.1. The number of hydrogen-bond acceptors (Lipinski definition) is 4. The number of carbonyl (C=O) groups excluding carboxylic acids is 2. The number of aryl methyl sites for hydroxylation is 3. The number of carboxylic acid groups (broad SMARTS) is 1. The SMILES string of the molecule is COC(C)[C@H](NC(=O)c1cc2ccccc2cc1NC(=O)Nc1c(C)cc(C)cc1C)C(=O)O. The smallest absolute Gasteiger partial charge is 0.328 e. The minimum atomic E-state index is -1.26. The van der Waals surface area contributed by atoms with Crippen LogP contribution in [-0.4, -0.2) is 42.3 Å². The number of fused-ring (bicyclic) bond motifs is 1. The molecular weight excluding hydrogens is 434 g/mol. The van der Waals surface area contributed by atoms with E-state index >= 15 is 0 Å². The lowest BCUT2D eigenvalue weighted by Crippen LogP contribution is -2.48. The molecule has 4 N–H and O–H groups in total. The van der Waals surface area contributed by atoms with Crippen molar-refractivity contribution in [1.29, 1.82) is 0 Å². The lowest BCUT2D eigenvalue weighted by molar-refractivity contribution is -0.142. The first kappa shape index (κ1) is 24.7. The van der Waals surface area contributed by atoms with Crippen LogP contribution < -0.4 is 16.0 Å². The highest BCUT2D eigenvalue weighted by Crippen LogP contribution is 2.26. The average molecular weight is 464 g/mol. The van der Waals surface area contributed by atoms with Crippen LogP contribution in [0.3, 0.4) is 0 Å². The van der Waals surface area contributed by atoms with E-state index in [2.05, 4.69) is 16.0 Å².